The molecule has 0 heterocycles. The number of anilines is 1. The molecule has 2 unspecified atom stereocenters. The minimum absolute atomic E-state index is 0.315. The van der Waals surface area contributed by atoms with Crippen LogP contribution in [-0.2, 0) is 0 Å². The lowest BCUT2D eigenvalue weighted by Crippen LogP contribution is -2.35. The largest absolute Gasteiger partial charge is 0.398 e. The van der Waals surface area contributed by atoms with Crippen LogP contribution in [-0.4, -0.2) is 11.3 Å². The number of nitrogens with two attached hydrogens (primary N) is 2. The highest BCUT2D eigenvalue weighted by molar-refractivity contribution is 8.00. The van der Waals surface area contributed by atoms with Crippen molar-refractivity contribution in [3.63, 3.8) is 0 Å². The van der Waals surface area contributed by atoms with Crippen molar-refractivity contribution in [3.8, 4) is 0 Å². The average Bonchev–Trinajstić information content (AvgIpc) is 2.27. The second kappa shape index (κ2) is 5.30. The van der Waals surface area contributed by atoms with E-state index in [2.05, 4.69) is 0 Å². The van der Waals surface area contributed by atoms with Crippen molar-refractivity contribution in [2.45, 2.75) is 41.9 Å². The van der Waals surface area contributed by atoms with Gasteiger partial charge in [0.1, 0.15) is 0 Å². The molecule has 2 nitrogen and oxygen atoms in total. The number of rotatable bonds is 2. The van der Waals surface area contributed by atoms with Crippen LogP contribution in [0, 0.1) is 0 Å². The first-order chi connectivity index (χ1) is 7.66. The Morgan fingerprint density at radius 1 is 1.25 bits per heavy atom. The number of benzene rings is 1. The summed E-state index contributed by atoms with van der Waals surface area (Å²) in [5.74, 6) is 0. The Hall–Kier alpha value is -0.380. The Morgan fingerprint density at radius 3 is 2.69 bits per heavy atom. The second-order valence-corrected chi connectivity index (χ2v) is 6.01. The Balaban J connectivity index is 2.05. The van der Waals surface area contributed by atoms with Gasteiger partial charge in [-0.25, -0.2) is 0 Å². The predicted molar refractivity (Wildman–Crippen MR) is 72.0 cm³/mol. The van der Waals surface area contributed by atoms with E-state index in [0.29, 0.717) is 22.0 Å². The number of nitrogen functional groups attached to an aromatic ring is 1. The predicted octanol–water partition coefficient (Wildman–Crippen LogP) is 3.28. The van der Waals surface area contributed by atoms with Gasteiger partial charge in [0.05, 0.1) is 10.7 Å². The van der Waals surface area contributed by atoms with Gasteiger partial charge >= 0.3 is 0 Å². The quantitative estimate of drug-likeness (QED) is 0.799. The first kappa shape index (κ1) is 12.1. The third-order valence-electron chi connectivity index (χ3n) is 3.01. The zero-order valence-corrected chi connectivity index (χ0v) is 10.7. The molecule has 0 aromatic heterocycles. The minimum Gasteiger partial charge on any atom is -0.398 e. The zero-order chi connectivity index (χ0) is 11.5. The molecule has 0 bridgehead atoms. The van der Waals surface area contributed by atoms with Crippen LogP contribution in [0.4, 0.5) is 5.69 Å². The van der Waals surface area contributed by atoms with Gasteiger partial charge in [0.15, 0.2) is 0 Å². The molecule has 1 aliphatic carbocycles. The lowest BCUT2D eigenvalue weighted by molar-refractivity contribution is 0.453. The van der Waals surface area contributed by atoms with Crippen molar-refractivity contribution in [1.82, 2.24) is 0 Å². The van der Waals surface area contributed by atoms with Crippen LogP contribution in [0.2, 0.25) is 5.02 Å². The molecule has 88 valence electrons. The molecule has 1 aromatic rings. The monoisotopic (exact) mass is 256 g/mol. The van der Waals surface area contributed by atoms with Gasteiger partial charge in [0.25, 0.3) is 0 Å². The molecule has 2 atom stereocenters. The van der Waals surface area contributed by atoms with Gasteiger partial charge in [-0.3, -0.25) is 0 Å². The summed E-state index contributed by atoms with van der Waals surface area (Å²) in [6.07, 6.45) is 4.89. The molecule has 1 aliphatic rings. The van der Waals surface area contributed by atoms with E-state index in [0.717, 1.165) is 6.42 Å². The molecule has 2 rings (SSSR count). The van der Waals surface area contributed by atoms with Crippen molar-refractivity contribution in [1.29, 1.82) is 0 Å². The Kier molecular flexibility index (Phi) is 4.00. The molecule has 0 radical (unpaired) electrons. The fraction of sp³-hybridized carbons (Fsp3) is 0.500. The summed E-state index contributed by atoms with van der Waals surface area (Å²) in [6, 6.07) is 6.13. The first-order valence-corrected chi connectivity index (χ1v) is 6.90. The van der Waals surface area contributed by atoms with Gasteiger partial charge in [-0.1, -0.05) is 24.4 Å². The van der Waals surface area contributed by atoms with E-state index < -0.39 is 0 Å². The molecule has 0 aliphatic heterocycles. The zero-order valence-electron chi connectivity index (χ0n) is 9.16. The van der Waals surface area contributed by atoms with E-state index in [4.69, 9.17) is 23.1 Å². The highest BCUT2D eigenvalue weighted by Crippen LogP contribution is 2.35. The molecule has 0 spiro atoms. The van der Waals surface area contributed by atoms with Gasteiger partial charge in [-0.2, -0.15) is 0 Å². The summed E-state index contributed by atoms with van der Waals surface area (Å²) in [5.41, 5.74) is 12.4. The van der Waals surface area contributed by atoms with E-state index >= 15 is 0 Å². The lowest BCUT2D eigenvalue weighted by atomic mass is 9.96. The molecule has 1 saturated carbocycles. The smallest absolute Gasteiger partial charge is 0.0646 e. The fourth-order valence-corrected chi connectivity index (χ4v) is 3.55. The van der Waals surface area contributed by atoms with E-state index in [1.165, 1.54) is 24.2 Å². The molecule has 16 heavy (non-hydrogen) atoms. The Bertz CT molecular complexity index is 370. The average molecular weight is 257 g/mol. The summed E-state index contributed by atoms with van der Waals surface area (Å²) < 4.78 is 0. The number of halogens is 1. The van der Waals surface area contributed by atoms with Crippen LogP contribution in [0.3, 0.4) is 0 Å². The van der Waals surface area contributed by atoms with Crippen LogP contribution in [0.25, 0.3) is 0 Å². The molecule has 4 N–H and O–H groups in total. The number of hydrogen-bond donors (Lipinski definition) is 2. The van der Waals surface area contributed by atoms with Crippen molar-refractivity contribution < 1.29 is 0 Å². The van der Waals surface area contributed by atoms with Crippen molar-refractivity contribution >= 4 is 29.1 Å². The third-order valence-corrected chi connectivity index (χ3v) is 4.75. The second-order valence-electron chi connectivity index (χ2n) is 4.29. The standard InChI is InChI=1S/C12H17ClN2S/c13-9-7-8(5-6-10(9)14)16-12-4-2-1-3-11(12)15/h5-7,11-12H,1-4,14-15H2. The van der Waals surface area contributed by atoms with Crippen molar-refractivity contribution in [2.24, 2.45) is 5.73 Å². The molecular formula is C12H17ClN2S. The maximum Gasteiger partial charge on any atom is 0.0646 e. The summed E-state index contributed by atoms with van der Waals surface area (Å²) in [7, 11) is 0. The van der Waals surface area contributed by atoms with Gasteiger partial charge < -0.3 is 11.5 Å². The van der Waals surface area contributed by atoms with Crippen LogP contribution < -0.4 is 11.5 Å². The fourth-order valence-electron chi connectivity index (χ4n) is 2.03. The molecular weight excluding hydrogens is 240 g/mol. The van der Waals surface area contributed by atoms with Gasteiger partial charge in [-0.05, 0) is 31.0 Å². The Labute approximate surface area is 106 Å². The van der Waals surface area contributed by atoms with Crippen LogP contribution in [0.5, 0.6) is 0 Å². The highest BCUT2D eigenvalue weighted by Gasteiger charge is 2.22. The number of thioether (sulfide) groups is 1. The molecule has 4 heteroatoms. The van der Waals surface area contributed by atoms with E-state index in [1.807, 2.05) is 30.0 Å². The van der Waals surface area contributed by atoms with E-state index in [9.17, 15) is 0 Å². The van der Waals surface area contributed by atoms with Gasteiger partial charge in [-0.15, -0.1) is 11.8 Å². The molecule has 0 amide bonds. The Morgan fingerprint density at radius 2 is 2.00 bits per heavy atom. The highest BCUT2D eigenvalue weighted by atomic mass is 35.5. The van der Waals surface area contributed by atoms with Crippen LogP contribution in [0.15, 0.2) is 23.1 Å². The molecule has 0 saturated heterocycles. The summed E-state index contributed by atoms with van der Waals surface area (Å²) in [4.78, 5) is 1.17. The van der Waals surface area contributed by atoms with Gasteiger partial charge in [0.2, 0.25) is 0 Å². The number of hydrogen-bond acceptors (Lipinski definition) is 3. The van der Waals surface area contributed by atoms with Crippen LogP contribution in [0.1, 0.15) is 25.7 Å². The first-order valence-electron chi connectivity index (χ1n) is 5.64. The van der Waals surface area contributed by atoms with Crippen LogP contribution >= 0.6 is 23.4 Å². The normalized spacial score (nSPS) is 25.6. The lowest BCUT2D eigenvalue weighted by Gasteiger charge is -2.28. The minimum atomic E-state index is 0.315. The molecule has 1 fully saturated rings. The van der Waals surface area contributed by atoms with Crippen molar-refractivity contribution in [3.05, 3.63) is 23.2 Å². The molecule has 1 aromatic carbocycles. The van der Waals surface area contributed by atoms with Crippen molar-refractivity contribution in [2.75, 3.05) is 5.73 Å². The maximum atomic E-state index is 6.12. The van der Waals surface area contributed by atoms with E-state index in [1.54, 1.807) is 0 Å². The van der Waals surface area contributed by atoms with Gasteiger partial charge in [0, 0.05) is 16.2 Å². The summed E-state index contributed by atoms with van der Waals surface area (Å²) >= 11 is 7.83. The SMILES string of the molecule is Nc1ccc(SC2CCCCC2N)cc1Cl. The van der Waals surface area contributed by atoms with E-state index in [-0.39, 0.29) is 0 Å². The summed E-state index contributed by atoms with van der Waals surface area (Å²) in [6.45, 7) is 0. The maximum absolute atomic E-state index is 6.12. The topological polar surface area (TPSA) is 52.0 Å². The summed E-state index contributed by atoms with van der Waals surface area (Å²) in [5, 5.41) is 1.16. The third kappa shape index (κ3) is 2.84.